The highest BCUT2D eigenvalue weighted by Gasteiger charge is 2.12. The standard InChI is InChI=1S/C11H10FN3OS/c1-15-6-7(5-13-15)14-11(16)9-4-8(17)2-3-10(9)12/h2-6,17H,1H3,(H,14,16). The first-order valence-electron chi connectivity index (χ1n) is 4.85. The smallest absolute Gasteiger partial charge is 0.258 e. The van der Waals surface area contributed by atoms with Gasteiger partial charge in [-0.1, -0.05) is 0 Å². The van der Waals surface area contributed by atoms with Gasteiger partial charge in [0.1, 0.15) is 5.82 Å². The summed E-state index contributed by atoms with van der Waals surface area (Å²) in [5, 5.41) is 6.45. The van der Waals surface area contributed by atoms with Crippen molar-refractivity contribution in [3.63, 3.8) is 0 Å². The quantitative estimate of drug-likeness (QED) is 0.803. The van der Waals surface area contributed by atoms with Gasteiger partial charge >= 0.3 is 0 Å². The minimum absolute atomic E-state index is 0.0404. The van der Waals surface area contributed by atoms with E-state index in [2.05, 4.69) is 23.0 Å². The maximum atomic E-state index is 13.4. The summed E-state index contributed by atoms with van der Waals surface area (Å²) in [7, 11) is 1.73. The maximum Gasteiger partial charge on any atom is 0.258 e. The second-order valence-corrected chi connectivity index (χ2v) is 4.04. The Morgan fingerprint density at radius 2 is 2.29 bits per heavy atom. The molecule has 0 unspecified atom stereocenters. The lowest BCUT2D eigenvalue weighted by Gasteiger charge is -2.04. The predicted octanol–water partition coefficient (Wildman–Crippen LogP) is 2.10. The molecule has 1 aromatic carbocycles. The molecule has 2 rings (SSSR count). The third-order valence-electron chi connectivity index (χ3n) is 2.16. The summed E-state index contributed by atoms with van der Waals surface area (Å²) in [6.45, 7) is 0. The molecular formula is C11H10FN3OS. The van der Waals surface area contributed by atoms with E-state index >= 15 is 0 Å². The molecule has 0 aliphatic rings. The molecule has 0 aliphatic carbocycles. The first-order valence-corrected chi connectivity index (χ1v) is 5.29. The number of carbonyl (C=O) groups is 1. The van der Waals surface area contributed by atoms with Gasteiger partial charge in [-0.25, -0.2) is 4.39 Å². The first-order chi connectivity index (χ1) is 8.06. The van der Waals surface area contributed by atoms with Crippen LogP contribution in [-0.2, 0) is 7.05 Å². The van der Waals surface area contributed by atoms with Crippen molar-refractivity contribution in [2.75, 3.05) is 5.32 Å². The van der Waals surface area contributed by atoms with Crippen LogP contribution < -0.4 is 5.32 Å². The molecule has 4 nitrogen and oxygen atoms in total. The topological polar surface area (TPSA) is 46.9 Å². The van der Waals surface area contributed by atoms with Crippen LogP contribution in [0.4, 0.5) is 10.1 Å². The number of carbonyl (C=O) groups excluding carboxylic acids is 1. The lowest BCUT2D eigenvalue weighted by Crippen LogP contribution is -2.13. The predicted molar refractivity (Wildman–Crippen MR) is 64.8 cm³/mol. The molecule has 0 saturated heterocycles. The van der Waals surface area contributed by atoms with E-state index in [0.717, 1.165) is 0 Å². The summed E-state index contributed by atoms with van der Waals surface area (Å²) in [6.07, 6.45) is 3.11. The van der Waals surface area contributed by atoms with Crippen LogP contribution in [0, 0.1) is 5.82 Å². The van der Waals surface area contributed by atoms with Crippen molar-refractivity contribution in [1.29, 1.82) is 0 Å². The molecule has 88 valence electrons. The van der Waals surface area contributed by atoms with Crippen LogP contribution in [0.5, 0.6) is 0 Å². The molecule has 0 fully saturated rings. The van der Waals surface area contributed by atoms with Crippen molar-refractivity contribution < 1.29 is 9.18 Å². The van der Waals surface area contributed by atoms with Gasteiger partial charge < -0.3 is 5.32 Å². The summed E-state index contributed by atoms with van der Waals surface area (Å²) < 4.78 is 15.0. The normalized spacial score (nSPS) is 10.3. The number of hydrogen-bond acceptors (Lipinski definition) is 3. The molecule has 1 N–H and O–H groups in total. The van der Waals surface area contributed by atoms with Crippen LogP contribution in [0.1, 0.15) is 10.4 Å². The van der Waals surface area contributed by atoms with E-state index in [1.54, 1.807) is 17.9 Å². The van der Waals surface area contributed by atoms with Crippen LogP contribution in [0.3, 0.4) is 0 Å². The van der Waals surface area contributed by atoms with Crippen LogP contribution in [0.15, 0.2) is 35.5 Å². The third-order valence-corrected chi connectivity index (χ3v) is 2.44. The fourth-order valence-electron chi connectivity index (χ4n) is 1.37. The molecule has 17 heavy (non-hydrogen) atoms. The first kappa shape index (κ1) is 11.7. The van der Waals surface area contributed by atoms with Gasteiger partial charge in [-0.15, -0.1) is 12.6 Å². The molecule has 0 atom stereocenters. The number of aromatic nitrogens is 2. The van der Waals surface area contributed by atoms with Crippen LogP contribution in [0.2, 0.25) is 0 Å². The Kier molecular flexibility index (Phi) is 3.14. The highest BCUT2D eigenvalue weighted by Crippen LogP contribution is 2.15. The molecule has 0 saturated carbocycles. The van der Waals surface area contributed by atoms with Gasteiger partial charge in [-0.05, 0) is 18.2 Å². The average Bonchev–Trinajstić information content (AvgIpc) is 2.67. The average molecular weight is 251 g/mol. The number of halogens is 1. The van der Waals surface area contributed by atoms with Crippen LogP contribution in [-0.4, -0.2) is 15.7 Å². The Balaban J connectivity index is 2.22. The van der Waals surface area contributed by atoms with Gasteiger partial charge in [0.25, 0.3) is 5.91 Å². The molecule has 0 radical (unpaired) electrons. The highest BCUT2D eigenvalue weighted by atomic mass is 32.1. The van der Waals surface area contributed by atoms with Gasteiger partial charge in [0, 0.05) is 18.1 Å². The Morgan fingerprint density at radius 3 is 2.94 bits per heavy atom. The lowest BCUT2D eigenvalue weighted by molar-refractivity contribution is 0.102. The molecule has 6 heteroatoms. The third kappa shape index (κ3) is 2.65. The molecule has 2 aromatic rings. The number of aryl methyl sites for hydroxylation is 1. The SMILES string of the molecule is Cn1cc(NC(=O)c2cc(S)ccc2F)cn1. The molecule has 0 spiro atoms. The van der Waals surface area contributed by atoms with Gasteiger partial charge in [0.2, 0.25) is 0 Å². The number of anilines is 1. The minimum Gasteiger partial charge on any atom is -0.319 e. The zero-order chi connectivity index (χ0) is 12.4. The van der Waals surface area contributed by atoms with Crippen molar-refractivity contribution in [2.24, 2.45) is 7.05 Å². The second kappa shape index (κ2) is 4.58. The van der Waals surface area contributed by atoms with Crippen molar-refractivity contribution in [2.45, 2.75) is 4.90 Å². The molecule has 1 aromatic heterocycles. The minimum atomic E-state index is -0.579. The number of rotatable bonds is 2. The second-order valence-electron chi connectivity index (χ2n) is 3.52. The van der Waals surface area contributed by atoms with E-state index in [1.807, 2.05) is 0 Å². The number of thiol groups is 1. The van der Waals surface area contributed by atoms with Crippen molar-refractivity contribution in [3.05, 3.63) is 42.0 Å². The molecule has 1 heterocycles. The Hall–Kier alpha value is -1.82. The summed E-state index contributed by atoms with van der Waals surface area (Å²) in [4.78, 5) is 12.3. The highest BCUT2D eigenvalue weighted by molar-refractivity contribution is 7.80. The van der Waals surface area contributed by atoms with Crippen molar-refractivity contribution in [1.82, 2.24) is 9.78 Å². The van der Waals surface area contributed by atoms with Gasteiger partial charge in [-0.3, -0.25) is 9.48 Å². The number of hydrogen-bond donors (Lipinski definition) is 2. The van der Waals surface area contributed by atoms with E-state index in [9.17, 15) is 9.18 Å². The molecule has 0 bridgehead atoms. The van der Waals surface area contributed by atoms with Crippen LogP contribution >= 0.6 is 12.6 Å². The van der Waals surface area contributed by atoms with Crippen LogP contribution in [0.25, 0.3) is 0 Å². The lowest BCUT2D eigenvalue weighted by atomic mass is 10.2. The Morgan fingerprint density at radius 1 is 1.53 bits per heavy atom. The number of benzene rings is 1. The van der Waals surface area contributed by atoms with Crippen molar-refractivity contribution in [3.8, 4) is 0 Å². The summed E-state index contributed by atoms with van der Waals surface area (Å²) in [5.41, 5.74) is 0.475. The summed E-state index contributed by atoms with van der Waals surface area (Å²) >= 11 is 4.06. The fraction of sp³-hybridized carbons (Fsp3) is 0.0909. The number of nitrogens with one attached hydrogen (secondary N) is 1. The number of amides is 1. The van der Waals surface area contributed by atoms with E-state index in [4.69, 9.17) is 0 Å². The molecule has 1 amide bonds. The van der Waals surface area contributed by atoms with E-state index < -0.39 is 11.7 Å². The zero-order valence-electron chi connectivity index (χ0n) is 9.01. The van der Waals surface area contributed by atoms with Gasteiger partial charge in [0.05, 0.1) is 17.4 Å². The zero-order valence-corrected chi connectivity index (χ0v) is 9.91. The number of nitrogens with zero attached hydrogens (tertiary/aromatic N) is 2. The van der Waals surface area contributed by atoms with E-state index in [-0.39, 0.29) is 5.56 Å². The van der Waals surface area contributed by atoms with E-state index in [0.29, 0.717) is 10.6 Å². The van der Waals surface area contributed by atoms with E-state index in [1.165, 1.54) is 24.4 Å². The maximum absolute atomic E-state index is 13.4. The molecule has 0 aliphatic heterocycles. The monoisotopic (exact) mass is 251 g/mol. The van der Waals surface area contributed by atoms with Crippen molar-refractivity contribution >= 4 is 24.2 Å². The summed E-state index contributed by atoms with van der Waals surface area (Å²) in [5.74, 6) is -1.10. The molecular weight excluding hydrogens is 241 g/mol. The summed E-state index contributed by atoms with van der Waals surface area (Å²) in [6, 6.07) is 4.07. The van der Waals surface area contributed by atoms with Gasteiger partial charge in [-0.2, -0.15) is 5.10 Å². The van der Waals surface area contributed by atoms with Gasteiger partial charge in [0.15, 0.2) is 0 Å². The Labute approximate surface area is 103 Å². The fourth-order valence-corrected chi connectivity index (χ4v) is 1.58. The Bertz CT molecular complexity index is 568. The largest absolute Gasteiger partial charge is 0.319 e.